The van der Waals surface area contributed by atoms with Crippen LogP contribution in [0.1, 0.15) is 40.0 Å². The lowest BCUT2D eigenvalue weighted by Crippen LogP contribution is -2.44. The highest BCUT2D eigenvalue weighted by atomic mass is 28.4. The van der Waals surface area contributed by atoms with Gasteiger partial charge in [0.1, 0.15) is 0 Å². The van der Waals surface area contributed by atoms with Crippen LogP contribution in [-0.2, 0) is 4.43 Å². The van der Waals surface area contributed by atoms with Crippen molar-refractivity contribution in [2.45, 2.75) is 64.3 Å². The zero-order chi connectivity index (χ0) is 13.1. The molecule has 17 heavy (non-hydrogen) atoms. The molecule has 0 bridgehead atoms. The maximum atomic E-state index is 8.61. The van der Waals surface area contributed by atoms with E-state index in [0.717, 1.165) is 12.8 Å². The van der Waals surface area contributed by atoms with Gasteiger partial charge in [0.15, 0.2) is 8.32 Å². The Morgan fingerprint density at radius 1 is 1.29 bits per heavy atom. The maximum absolute atomic E-state index is 8.61. The molecule has 1 saturated carbocycles. The number of nitrogens with zero attached hydrogens (tertiary/aromatic N) is 1. The first kappa shape index (κ1) is 14.5. The summed E-state index contributed by atoms with van der Waals surface area (Å²) in [6.07, 6.45) is 7.51. The third-order valence-electron chi connectivity index (χ3n) is 4.17. The van der Waals surface area contributed by atoms with Crippen molar-refractivity contribution < 1.29 is 4.43 Å². The molecule has 1 aliphatic carbocycles. The molecule has 2 atom stereocenters. The summed E-state index contributed by atoms with van der Waals surface area (Å²) in [4.78, 5) is 0. The lowest BCUT2D eigenvalue weighted by atomic mass is 10.1. The van der Waals surface area contributed by atoms with Gasteiger partial charge in [-0.15, -0.1) is 0 Å². The van der Waals surface area contributed by atoms with Gasteiger partial charge < -0.3 is 4.43 Å². The van der Waals surface area contributed by atoms with Gasteiger partial charge in [0.25, 0.3) is 0 Å². The molecule has 0 amide bonds. The molecular formula is C14H25NOSi. The van der Waals surface area contributed by atoms with Crippen LogP contribution < -0.4 is 0 Å². The summed E-state index contributed by atoms with van der Waals surface area (Å²) in [6.45, 7) is 11.4. The highest BCUT2D eigenvalue weighted by Crippen LogP contribution is 2.41. The van der Waals surface area contributed by atoms with E-state index >= 15 is 0 Å². The Morgan fingerprint density at radius 2 is 1.94 bits per heavy atom. The second kappa shape index (κ2) is 5.37. The van der Waals surface area contributed by atoms with E-state index in [1.54, 1.807) is 6.08 Å². The number of rotatable bonds is 3. The monoisotopic (exact) mass is 251 g/mol. The Bertz CT molecular complexity index is 322. The summed E-state index contributed by atoms with van der Waals surface area (Å²) in [5, 5.41) is 8.87. The third-order valence-corrected chi connectivity index (χ3v) is 8.68. The highest BCUT2D eigenvalue weighted by Gasteiger charge is 2.41. The first-order valence-corrected chi connectivity index (χ1v) is 9.43. The fourth-order valence-electron chi connectivity index (χ4n) is 2.04. The SMILES string of the molecule is CC(C)(C)[Si](C)(C)O[C@@H]1CCC[C@@H]1C=CC#N. The van der Waals surface area contributed by atoms with Crippen LogP contribution in [0.5, 0.6) is 0 Å². The summed E-state index contributed by atoms with van der Waals surface area (Å²) >= 11 is 0. The van der Waals surface area contributed by atoms with Crippen molar-refractivity contribution in [2.75, 3.05) is 0 Å². The fraction of sp³-hybridized carbons (Fsp3) is 0.786. The molecule has 0 saturated heterocycles. The molecule has 0 aromatic heterocycles. The van der Waals surface area contributed by atoms with E-state index < -0.39 is 8.32 Å². The summed E-state index contributed by atoms with van der Waals surface area (Å²) in [6, 6.07) is 2.08. The van der Waals surface area contributed by atoms with Crippen molar-refractivity contribution in [1.29, 1.82) is 5.26 Å². The molecule has 0 spiro atoms. The van der Waals surface area contributed by atoms with Crippen molar-refractivity contribution in [3.05, 3.63) is 12.2 Å². The van der Waals surface area contributed by atoms with Gasteiger partial charge in [-0.25, -0.2) is 0 Å². The zero-order valence-electron chi connectivity index (χ0n) is 11.8. The van der Waals surface area contributed by atoms with Crippen molar-refractivity contribution >= 4 is 8.32 Å². The Kier molecular flexibility index (Phi) is 4.57. The zero-order valence-corrected chi connectivity index (χ0v) is 12.8. The van der Waals surface area contributed by atoms with Gasteiger partial charge >= 0.3 is 0 Å². The van der Waals surface area contributed by atoms with E-state index in [4.69, 9.17) is 9.69 Å². The third kappa shape index (κ3) is 3.69. The minimum Gasteiger partial charge on any atom is -0.413 e. The maximum Gasteiger partial charge on any atom is 0.192 e. The van der Waals surface area contributed by atoms with Crippen LogP contribution in [0.4, 0.5) is 0 Å². The quantitative estimate of drug-likeness (QED) is 0.555. The first-order valence-electron chi connectivity index (χ1n) is 6.52. The second-order valence-electron chi connectivity index (χ2n) is 6.50. The van der Waals surface area contributed by atoms with Crippen molar-refractivity contribution in [3.63, 3.8) is 0 Å². The van der Waals surface area contributed by atoms with Gasteiger partial charge in [0, 0.05) is 12.0 Å². The molecule has 1 aliphatic rings. The lowest BCUT2D eigenvalue weighted by Gasteiger charge is -2.39. The van der Waals surface area contributed by atoms with E-state index in [-0.39, 0.29) is 5.04 Å². The average molecular weight is 251 g/mol. The van der Waals surface area contributed by atoms with Gasteiger partial charge in [-0.3, -0.25) is 0 Å². The van der Waals surface area contributed by atoms with Crippen LogP contribution in [0.2, 0.25) is 18.1 Å². The van der Waals surface area contributed by atoms with Crippen molar-refractivity contribution in [2.24, 2.45) is 5.92 Å². The second-order valence-corrected chi connectivity index (χ2v) is 11.3. The molecule has 0 aromatic rings. The van der Waals surface area contributed by atoms with Gasteiger partial charge in [-0.05, 0) is 31.0 Å². The van der Waals surface area contributed by atoms with Gasteiger partial charge in [0.2, 0.25) is 0 Å². The smallest absolute Gasteiger partial charge is 0.192 e. The van der Waals surface area contributed by atoms with Crippen LogP contribution in [0.15, 0.2) is 12.2 Å². The fourth-order valence-corrected chi connectivity index (χ4v) is 3.45. The number of hydrogen-bond donors (Lipinski definition) is 0. The van der Waals surface area contributed by atoms with Gasteiger partial charge in [-0.2, -0.15) is 5.26 Å². The molecule has 0 radical (unpaired) electrons. The number of allylic oxidation sites excluding steroid dienone is 1. The van der Waals surface area contributed by atoms with Crippen LogP contribution in [-0.4, -0.2) is 14.4 Å². The number of hydrogen-bond acceptors (Lipinski definition) is 2. The van der Waals surface area contributed by atoms with Gasteiger partial charge in [0.05, 0.1) is 12.2 Å². The summed E-state index contributed by atoms with van der Waals surface area (Å²) in [5.41, 5.74) is 0. The predicted molar refractivity (Wildman–Crippen MR) is 74.2 cm³/mol. The first-order chi connectivity index (χ1) is 7.78. The highest BCUT2D eigenvalue weighted by molar-refractivity contribution is 6.74. The Balaban J connectivity index is 2.68. The normalized spacial score (nSPS) is 26.4. The van der Waals surface area contributed by atoms with E-state index in [1.165, 1.54) is 6.42 Å². The molecule has 0 heterocycles. The Morgan fingerprint density at radius 3 is 2.47 bits per heavy atom. The predicted octanol–water partition coefficient (Wildman–Crippen LogP) is 4.26. The van der Waals surface area contributed by atoms with E-state index in [0.29, 0.717) is 12.0 Å². The van der Waals surface area contributed by atoms with Crippen LogP contribution >= 0.6 is 0 Å². The molecule has 0 aromatic carbocycles. The Hall–Kier alpha value is -0.593. The van der Waals surface area contributed by atoms with Crippen LogP contribution in [0, 0.1) is 17.2 Å². The summed E-state index contributed by atoms with van der Waals surface area (Å²) in [7, 11) is -1.67. The number of nitriles is 1. The molecule has 2 nitrogen and oxygen atoms in total. The van der Waals surface area contributed by atoms with Crippen molar-refractivity contribution in [3.8, 4) is 6.07 Å². The minimum atomic E-state index is -1.67. The molecule has 0 unspecified atom stereocenters. The molecule has 0 aliphatic heterocycles. The summed E-state index contributed by atoms with van der Waals surface area (Å²) in [5.74, 6) is 0.448. The summed E-state index contributed by atoms with van der Waals surface area (Å²) < 4.78 is 6.45. The largest absolute Gasteiger partial charge is 0.413 e. The van der Waals surface area contributed by atoms with E-state index in [2.05, 4.69) is 39.9 Å². The minimum absolute atomic E-state index is 0.263. The molecule has 0 N–H and O–H groups in total. The molecular weight excluding hydrogens is 226 g/mol. The van der Waals surface area contributed by atoms with Gasteiger partial charge in [-0.1, -0.05) is 33.3 Å². The Labute approximate surface area is 107 Å². The van der Waals surface area contributed by atoms with E-state index in [1.807, 2.05) is 6.08 Å². The van der Waals surface area contributed by atoms with E-state index in [9.17, 15) is 0 Å². The van der Waals surface area contributed by atoms with Crippen LogP contribution in [0.25, 0.3) is 0 Å². The topological polar surface area (TPSA) is 33.0 Å². The molecule has 3 heteroatoms. The molecule has 96 valence electrons. The average Bonchev–Trinajstić information content (AvgIpc) is 2.60. The lowest BCUT2D eigenvalue weighted by molar-refractivity contribution is 0.160. The molecule has 1 rings (SSSR count). The standard InChI is InChI=1S/C14H25NOSi/c1-14(2,3)17(4,5)16-13-10-6-8-12(13)9-7-11-15/h7,9,12-13H,6,8,10H2,1-5H3/t12-,13-/m1/s1. The van der Waals surface area contributed by atoms with Crippen molar-refractivity contribution in [1.82, 2.24) is 0 Å². The van der Waals surface area contributed by atoms with Crippen LogP contribution in [0.3, 0.4) is 0 Å². The molecule has 1 fully saturated rings.